The van der Waals surface area contributed by atoms with Crippen LogP contribution in [-0.2, 0) is 0 Å². The molecule has 0 N–H and O–H groups in total. The zero-order valence-electron chi connectivity index (χ0n) is 10.4. The lowest BCUT2D eigenvalue weighted by Gasteiger charge is -2.29. The zero-order chi connectivity index (χ0) is 12.1. The van der Waals surface area contributed by atoms with Crippen molar-refractivity contribution in [1.29, 1.82) is 0 Å². The SMILES string of the molecule is C=CCCC1CCCC(c2ccc(Cl)cc2)C1. The van der Waals surface area contributed by atoms with E-state index in [-0.39, 0.29) is 0 Å². The predicted octanol–water partition coefficient (Wildman–Crippen LogP) is 5.58. The Kier molecular flexibility index (Phi) is 4.67. The maximum atomic E-state index is 5.94. The van der Waals surface area contributed by atoms with Gasteiger partial charge in [0.2, 0.25) is 0 Å². The van der Waals surface area contributed by atoms with Crippen molar-refractivity contribution >= 4 is 11.6 Å². The van der Waals surface area contributed by atoms with Crippen molar-refractivity contribution in [2.24, 2.45) is 5.92 Å². The van der Waals surface area contributed by atoms with Gasteiger partial charge >= 0.3 is 0 Å². The van der Waals surface area contributed by atoms with Crippen LogP contribution >= 0.6 is 11.6 Å². The lowest BCUT2D eigenvalue weighted by atomic mass is 9.76. The molecule has 1 aliphatic rings. The van der Waals surface area contributed by atoms with E-state index < -0.39 is 0 Å². The van der Waals surface area contributed by atoms with Crippen LogP contribution < -0.4 is 0 Å². The molecule has 0 nitrogen and oxygen atoms in total. The number of benzene rings is 1. The third kappa shape index (κ3) is 3.61. The molecular weight excluding hydrogens is 228 g/mol. The number of rotatable bonds is 4. The van der Waals surface area contributed by atoms with Crippen molar-refractivity contribution < 1.29 is 0 Å². The highest BCUT2D eigenvalue weighted by atomic mass is 35.5. The Labute approximate surface area is 110 Å². The van der Waals surface area contributed by atoms with Crippen LogP contribution in [0.3, 0.4) is 0 Å². The zero-order valence-corrected chi connectivity index (χ0v) is 11.1. The van der Waals surface area contributed by atoms with Crippen molar-refractivity contribution in [3.63, 3.8) is 0 Å². The first-order valence-electron chi connectivity index (χ1n) is 6.66. The third-order valence-electron chi connectivity index (χ3n) is 3.90. The Bertz CT molecular complexity index is 352. The molecule has 17 heavy (non-hydrogen) atoms. The second kappa shape index (κ2) is 6.26. The molecule has 92 valence electrons. The molecule has 2 rings (SSSR count). The molecule has 2 atom stereocenters. The highest BCUT2D eigenvalue weighted by molar-refractivity contribution is 6.30. The molecule has 0 radical (unpaired) electrons. The van der Waals surface area contributed by atoms with Crippen LogP contribution in [0.5, 0.6) is 0 Å². The van der Waals surface area contributed by atoms with E-state index in [0.29, 0.717) is 0 Å². The van der Waals surface area contributed by atoms with E-state index >= 15 is 0 Å². The van der Waals surface area contributed by atoms with Gasteiger partial charge in [0, 0.05) is 5.02 Å². The summed E-state index contributed by atoms with van der Waals surface area (Å²) in [6, 6.07) is 8.43. The van der Waals surface area contributed by atoms with Crippen LogP contribution in [-0.4, -0.2) is 0 Å². The number of hydrogen-bond acceptors (Lipinski definition) is 0. The normalized spacial score (nSPS) is 24.5. The lowest BCUT2D eigenvalue weighted by molar-refractivity contribution is 0.307. The fourth-order valence-corrected chi connectivity index (χ4v) is 3.07. The molecule has 0 saturated heterocycles. The maximum absolute atomic E-state index is 5.94. The summed E-state index contributed by atoms with van der Waals surface area (Å²) >= 11 is 5.94. The van der Waals surface area contributed by atoms with Gasteiger partial charge in [-0.05, 0) is 55.2 Å². The van der Waals surface area contributed by atoms with E-state index in [1.54, 1.807) is 0 Å². The summed E-state index contributed by atoms with van der Waals surface area (Å²) in [5.41, 5.74) is 1.47. The second-order valence-corrected chi connectivity index (χ2v) is 5.58. The average molecular weight is 249 g/mol. The molecule has 0 bridgehead atoms. The highest BCUT2D eigenvalue weighted by Gasteiger charge is 2.22. The molecular formula is C16H21Cl. The van der Waals surface area contributed by atoms with E-state index in [1.807, 2.05) is 18.2 Å². The van der Waals surface area contributed by atoms with Gasteiger partial charge in [-0.1, -0.05) is 42.7 Å². The summed E-state index contributed by atoms with van der Waals surface area (Å²) in [6.45, 7) is 3.82. The molecule has 1 fully saturated rings. The summed E-state index contributed by atoms with van der Waals surface area (Å²) in [7, 11) is 0. The smallest absolute Gasteiger partial charge is 0.0406 e. The fourth-order valence-electron chi connectivity index (χ4n) is 2.94. The summed E-state index contributed by atoms with van der Waals surface area (Å²) in [6.07, 6.45) is 9.98. The molecule has 2 unspecified atom stereocenters. The van der Waals surface area contributed by atoms with Crippen LogP contribution in [0, 0.1) is 5.92 Å². The summed E-state index contributed by atoms with van der Waals surface area (Å²) in [5.74, 6) is 1.64. The van der Waals surface area contributed by atoms with Gasteiger partial charge in [-0.3, -0.25) is 0 Å². The Balaban J connectivity index is 1.96. The van der Waals surface area contributed by atoms with Gasteiger partial charge in [0.05, 0.1) is 0 Å². The first kappa shape index (κ1) is 12.7. The van der Waals surface area contributed by atoms with Gasteiger partial charge in [-0.15, -0.1) is 6.58 Å². The monoisotopic (exact) mass is 248 g/mol. The van der Waals surface area contributed by atoms with Gasteiger partial charge in [-0.25, -0.2) is 0 Å². The Hall–Kier alpha value is -0.750. The largest absolute Gasteiger partial charge is 0.103 e. The molecule has 1 aromatic carbocycles. The second-order valence-electron chi connectivity index (χ2n) is 5.15. The standard InChI is InChI=1S/C16H21Cl/c1-2-3-5-13-6-4-7-15(12-13)14-8-10-16(17)11-9-14/h2,8-11,13,15H,1,3-7,12H2. The minimum Gasteiger partial charge on any atom is -0.103 e. The van der Waals surface area contributed by atoms with E-state index in [1.165, 1.54) is 37.7 Å². The van der Waals surface area contributed by atoms with Gasteiger partial charge in [0.1, 0.15) is 0 Å². The molecule has 0 aromatic heterocycles. The molecule has 0 spiro atoms. The van der Waals surface area contributed by atoms with Crippen LogP contribution in [0.15, 0.2) is 36.9 Å². The van der Waals surface area contributed by atoms with Gasteiger partial charge in [-0.2, -0.15) is 0 Å². The number of hydrogen-bond donors (Lipinski definition) is 0. The first-order valence-corrected chi connectivity index (χ1v) is 7.03. The molecule has 1 saturated carbocycles. The highest BCUT2D eigenvalue weighted by Crippen LogP contribution is 2.38. The van der Waals surface area contributed by atoms with Gasteiger partial charge in [0.15, 0.2) is 0 Å². The van der Waals surface area contributed by atoms with Crippen molar-refractivity contribution in [2.75, 3.05) is 0 Å². The van der Waals surface area contributed by atoms with Crippen LogP contribution in [0.1, 0.15) is 50.0 Å². The Morgan fingerprint density at radius 2 is 2.00 bits per heavy atom. The van der Waals surface area contributed by atoms with Crippen molar-refractivity contribution in [3.8, 4) is 0 Å². The van der Waals surface area contributed by atoms with Crippen LogP contribution in [0.25, 0.3) is 0 Å². The lowest BCUT2D eigenvalue weighted by Crippen LogP contribution is -2.14. The summed E-state index contributed by atoms with van der Waals surface area (Å²) < 4.78 is 0. The van der Waals surface area contributed by atoms with E-state index in [0.717, 1.165) is 23.3 Å². The number of allylic oxidation sites excluding steroid dienone is 1. The molecule has 0 amide bonds. The van der Waals surface area contributed by atoms with Crippen molar-refractivity contribution in [3.05, 3.63) is 47.5 Å². The quantitative estimate of drug-likeness (QED) is 0.610. The fraction of sp³-hybridized carbons (Fsp3) is 0.500. The Morgan fingerprint density at radius 1 is 1.24 bits per heavy atom. The summed E-state index contributed by atoms with van der Waals surface area (Å²) in [5, 5.41) is 0.841. The first-order chi connectivity index (χ1) is 8.29. The third-order valence-corrected chi connectivity index (χ3v) is 4.16. The minimum absolute atomic E-state index is 0.746. The molecule has 0 aliphatic heterocycles. The topological polar surface area (TPSA) is 0 Å². The van der Waals surface area contributed by atoms with E-state index in [2.05, 4.69) is 18.7 Å². The minimum atomic E-state index is 0.746. The molecule has 1 aliphatic carbocycles. The van der Waals surface area contributed by atoms with Gasteiger partial charge in [0.25, 0.3) is 0 Å². The number of halogens is 1. The van der Waals surface area contributed by atoms with Crippen molar-refractivity contribution in [1.82, 2.24) is 0 Å². The van der Waals surface area contributed by atoms with Gasteiger partial charge < -0.3 is 0 Å². The summed E-state index contributed by atoms with van der Waals surface area (Å²) in [4.78, 5) is 0. The van der Waals surface area contributed by atoms with Crippen LogP contribution in [0.2, 0.25) is 5.02 Å². The average Bonchev–Trinajstić information content (AvgIpc) is 2.37. The molecule has 0 heterocycles. The van der Waals surface area contributed by atoms with Crippen LogP contribution in [0.4, 0.5) is 0 Å². The van der Waals surface area contributed by atoms with Crippen molar-refractivity contribution in [2.45, 2.75) is 44.4 Å². The Morgan fingerprint density at radius 3 is 2.71 bits per heavy atom. The maximum Gasteiger partial charge on any atom is 0.0406 e. The predicted molar refractivity (Wildman–Crippen MR) is 75.6 cm³/mol. The van der Waals surface area contributed by atoms with E-state index in [9.17, 15) is 0 Å². The molecule has 1 aromatic rings. The molecule has 1 heteroatoms. The van der Waals surface area contributed by atoms with E-state index in [4.69, 9.17) is 11.6 Å².